The van der Waals surface area contributed by atoms with Crippen molar-refractivity contribution in [1.82, 2.24) is 5.32 Å². The van der Waals surface area contributed by atoms with Crippen LogP contribution in [0.3, 0.4) is 0 Å². The Morgan fingerprint density at radius 1 is 0.868 bits per heavy atom. The van der Waals surface area contributed by atoms with Crippen molar-refractivity contribution in [2.75, 3.05) is 11.3 Å². The van der Waals surface area contributed by atoms with Crippen molar-refractivity contribution in [3.8, 4) is 0 Å². The molecule has 0 saturated carbocycles. The number of esters is 1. The lowest BCUT2D eigenvalue weighted by molar-refractivity contribution is -0.154. The number of anilines is 1. The van der Waals surface area contributed by atoms with Gasteiger partial charge in [0.25, 0.3) is 15.9 Å². The molecule has 3 N–H and O–H groups in total. The van der Waals surface area contributed by atoms with E-state index in [1.807, 2.05) is 54.6 Å². The Balaban J connectivity index is 1.53. The van der Waals surface area contributed by atoms with E-state index in [1.165, 1.54) is 24.3 Å². The number of carbonyl (C=O) groups excluding carboxylic acids is 2. The predicted octanol–water partition coefficient (Wildman–Crippen LogP) is 3.91. The second kappa shape index (κ2) is 11.9. The van der Waals surface area contributed by atoms with Crippen molar-refractivity contribution in [1.29, 1.82) is 0 Å². The Kier molecular flexibility index (Phi) is 8.40. The van der Waals surface area contributed by atoms with Gasteiger partial charge < -0.3 is 15.2 Å². The van der Waals surface area contributed by atoms with Gasteiger partial charge in [-0.15, -0.1) is 0 Å². The summed E-state index contributed by atoms with van der Waals surface area (Å²) in [5, 5.41) is 15.0. The fraction of sp³-hybridized carbons (Fsp3) is 0.172. The van der Waals surface area contributed by atoms with Crippen LogP contribution in [0.25, 0.3) is 10.8 Å². The van der Waals surface area contributed by atoms with E-state index < -0.39 is 34.0 Å². The molecule has 0 bridgehead atoms. The van der Waals surface area contributed by atoms with Crippen molar-refractivity contribution >= 4 is 38.4 Å². The highest BCUT2D eigenvalue weighted by Gasteiger charge is 2.29. The summed E-state index contributed by atoms with van der Waals surface area (Å²) in [5.41, 5.74) is 1.15. The van der Waals surface area contributed by atoms with Crippen molar-refractivity contribution in [2.24, 2.45) is 0 Å². The van der Waals surface area contributed by atoms with Crippen LogP contribution >= 0.6 is 0 Å². The summed E-state index contributed by atoms with van der Waals surface area (Å²) in [4.78, 5) is 25.4. The zero-order valence-corrected chi connectivity index (χ0v) is 21.5. The molecule has 0 saturated heterocycles. The third-order valence-electron chi connectivity index (χ3n) is 5.93. The zero-order chi connectivity index (χ0) is 27.1. The molecule has 0 aliphatic carbocycles. The number of aliphatic hydroxyl groups excluding tert-OH is 1. The quantitative estimate of drug-likeness (QED) is 0.266. The van der Waals surface area contributed by atoms with Gasteiger partial charge in [0.05, 0.1) is 17.5 Å². The minimum Gasteiger partial charge on any atom is -0.464 e. The van der Waals surface area contributed by atoms with Gasteiger partial charge in [-0.1, -0.05) is 66.7 Å². The van der Waals surface area contributed by atoms with Crippen LogP contribution in [0.5, 0.6) is 0 Å². The molecule has 1 amide bonds. The molecule has 0 heterocycles. The van der Waals surface area contributed by atoms with E-state index in [2.05, 4.69) is 10.0 Å². The highest BCUT2D eigenvalue weighted by molar-refractivity contribution is 7.92. The van der Waals surface area contributed by atoms with Gasteiger partial charge in [0.15, 0.2) is 6.10 Å². The summed E-state index contributed by atoms with van der Waals surface area (Å²) in [7, 11) is -3.92. The number of ether oxygens (including phenoxy) is 1. The van der Waals surface area contributed by atoms with Crippen LogP contribution in [-0.4, -0.2) is 44.2 Å². The van der Waals surface area contributed by atoms with Gasteiger partial charge in [0, 0.05) is 11.3 Å². The molecule has 38 heavy (non-hydrogen) atoms. The summed E-state index contributed by atoms with van der Waals surface area (Å²) in [6.07, 6.45) is -1.41. The summed E-state index contributed by atoms with van der Waals surface area (Å²) in [6, 6.07) is 26.4. The zero-order valence-electron chi connectivity index (χ0n) is 20.7. The first-order chi connectivity index (χ1) is 18.3. The molecular weight excluding hydrogens is 504 g/mol. The molecule has 0 fully saturated rings. The van der Waals surface area contributed by atoms with E-state index in [0.29, 0.717) is 0 Å². The van der Waals surface area contributed by atoms with Gasteiger partial charge in [0.2, 0.25) is 0 Å². The van der Waals surface area contributed by atoms with Crippen LogP contribution in [0.15, 0.2) is 102 Å². The Morgan fingerprint density at radius 3 is 2.32 bits per heavy atom. The van der Waals surface area contributed by atoms with Crippen LogP contribution in [0, 0.1) is 0 Å². The van der Waals surface area contributed by atoms with Crippen LogP contribution in [-0.2, 0) is 26.0 Å². The van der Waals surface area contributed by atoms with Crippen molar-refractivity contribution < 1.29 is 27.9 Å². The number of fused-ring (bicyclic) bond motifs is 1. The highest BCUT2D eigenvalue weighted by atomic mass is 32.2. The van der Waals surface area contributed by atoms with Crippen molar-refractivity contribution in [3.05, 3.63) is 108 Å². The number of amides is 1. The maximum absolute atomic E-state index is 13.1. The third kappa shape index (κ3) is 6.56. The summed E-state index contributed by atoms with van der Waals surface area (Å²) >= 11 is 0. The normalized spacial score (nSPS) is 12.9. The second-order valence-electron chi connectivity index (χ2n) is 8.66. The van der Waals surface area contributed by atoms with Crippen molar-refractivity contribution in [2.45, 2.75) is 30.4 Å². The monoisotopic (exact) mass is 532 g/mol. The average Bonchev–Trinajstić information content (AvgIpc) is 2.92. The van der Waals surface area contributed by atoms with Gasteiger partial charge in [0.1, 0.15) is 0 Å². The molecular formula is C29H28N2O6S. The molecule has 9 heteroatoms. The van der Waals surface area contributed by atoms with E-state index in [9.17, 15) is 23.1 Å². The number of aliphatic hydroxyl groups is 1. The van der Waals surface area contributed by atoms with E-state index in [4.69, 9.17) is 4.74 Å². The lowest BCUT2D eigenvalue weighted by Crippen LogP contribution is -2.48. The Labute approximate surface area is 221 Å². The summed E-state index contributed by atoms with van der Waals surface area (Å²) in [5.74, 6) is -1.42. The topological polar surface area (TPSA) is 122 Å². The molecule has 1 unspecified atom stereocenters. The Morgan fingerprint density at radius 2 is 1.58 bits per heavy atom. The SMILES string of the molecule is CCOC(=O)C(O)[C@H](Cc1ccccc1)NC(=O)c1cccc(NS(=O)(=O)c2ccc3ccccc3c2)c1. The molecule has 0 aliphatic rings. The van der Waals surface area contributed by atoms with Crippen molar-refractivity contribution in [3.63, 3.8) is 0 Å². The molecule has 2 atom stereocenters. The fourth-order valence-corrected chi connectivity index (χ4v) is 5.11. The lowest BCUT2D eigenvalue weighted by atomic mass is 10.0. The van der Waals surface area contributed by atoms with Gasteiger partial charge in [-0.25, -0.2) is 13.2 Å². The maximum Gasteiger partial charge on any atom is 0.337 e. The number of rotatable bonds is 10. The third-order valence-corrected chi connectivity index (χ3v) is 7.31. The first-order valence-electron chi connectivity index (χ1n) is 12.1. The number of nitrogens with one attached hydrogen (secondary N) is 2. The standard InChI is InChI=1S/C29H28N2O6S/c1-2-37-29(34)27(32)26(17-20-9-4-3-5-10-20)30-28(33)23-13-8-14-24(18-23)31-38(35,36)25-16-15-21-11-6-7-12-22(21)19-25/h3-16,18-19,26-27,31-32H,2,17H2,1H3,(H,30,33)/t26-,27?/m0/s1. The van der Waals surface area contributed by atoms with Gasteiger partial charge in [-0.3, -0.25) is 9.52 Å². The number of carbonyl (C=O) groups is 2. The number of hydrogen-bond acceptors (Lipinski definition) is 6. The summed E-state index contributed by atoms with van der Waals surface area (Å²) < 4.78 is 33.5. The minimum atomic E-state index is -3.92. The molecule has 4 rings (SSSR count). The largest absolute Gasteiger partial charge is 0.464 e. The van der Waals surface area contributed by atoms with E-state index >= 15 is 0 Å². The van der Waals surface area contributed by atoms with Crippen LogP contribution in [0.2, 0.25) is 0 Å². The van der Waals surface area contributed by atoms with Crippen LogP contribution in [0.1, 0.15) is 22.8 Å². The molecule has 0 spiro atoms. The predicted molar refractivity (Wildman–Crippen MR) is 145 cm³/mol. The van der Waals surface area contributed by atoms with Gasteiger partial charge >= 0.3 is 5.97 Å². The van der Waals surface area contributed by atoms with E-state index in [0.717, 1.165) is 16.3 Å². The van der Waals surface area contributed by atoms with Gasteiger partial charge in [-0.05, 0) is 60.0 Å². The smallest absolute Gasteiger partial charge is 0.337 e. The average molecular weight is 533 g/mol. The Hall–Kier alpha value is -4.21. The number of hydrogen-bond donors (Lipinski definition) is 3. The minimum absolute atomic E-state index is 0.0846. The molecule has 4 aromatic carbocycles. The summed E-state index contributed by atoms with van der Waals surface area (Å²) in [6.45, 7) is 1.71. The Bertz CT molecular complexity index is 1540. The number of sulfonamides is 1. The highest BCUT2D eigenvalue weighted by Crippen LogP contribution is 2.22. The van der Waals surface area contributed by atoms with Crippen LogP contribution < -0.4 is 10.0 Å². The first-order valence-corrected chi connectivity index (χ1v) is 13.6. The lowest BCUT2D eigenvalue weighted by Gasteiger charge is -2.23. The molecule has 196 valence electrons. The molecule has 8 nitrogen and oxygen atoms in total. The first kappa shape index (κ1) is 26.8. The van der Waals surface area contributed by atoms with E-state index in [-0.39, 0.29) is 29.2 Å². The van der Waals surface area contributed by atoms with E-state index in [1.54, 1.807) is 25.1 Å². The molecule has 0 aromatic heterocycles. The second-order valence-corrected chi connectivity index (χ2v) is 10.3. The van der Waals surface area contributed by atoms with Crippen LogP contribution in [0.4, 0.5) is 5.69 Å². The molecule has 0 radical (unpaired) electrons. The molecule has 0 aliphatic heterocycles. The fourth-order valence-electron chi connectivity index (χ4n) is 4.03. The molecule has 4 aromatic rings. The maximum atomic E-state index is 13.1. The van der Waals surface area contributed by atoms with Gasteiger partial charge in [-0.2, -0.15) is 0 Å². The number of benzene rings is 4.